The van der Waals surface area contributed by atoms with E-state index in [0.29, 0.717) is 23.3 Å². The zero-order valence-electron chi connectivity index (χ0n) is 17.9. The normalized spacial score (nSPS) is 32.8. The Morgan fingerprint density at radius 1 is 1.16 bits per heavy atom. The lowest BCUT2D eigenvalue weighted by Gasteiger charge is -2.49. The maximum absolute atomic E-state index is 11.5. The quantitative estimate of drug-likeness (QED) is 0.724. The van der Waals surface area contributed by atoms with Crippen molar-refractivity contribution >= 4 is 18.3 Å². The highest BCUT2D eigenvalue weighted by molar-refractivity contribution is 5.93. The predicted octanol–water partition coefficient (Wildman–Crippen LogP) is 4.51. The van der Waals surface area contributed by atoms with E-state index in [4.69, 9.17) is 5.73 Å². The minimum absolute atomic E-state index is 0.117. The van der Waals surface area contributed by atoms with Crippen LogP contribution in [0.2, 0.25) is 0 Å². The van der Waals surface area contributed by atoms with Gasteiger partial charge in [0.25, 0.3) is 0 Å². The van der Waals surface area contributed by atoms with Gasteiger partial charge < -0.3 is 10.8 Å². The first-order valence-electron chi connectivity index (χ1n) is 11.3. The molecule has 0 heterocycles. The lowest BCUT2D eigenvalue weighted by atomic mass is 9.55. The Kier molecular flexibility index (Phi) is 4.86. The molecule has 2 fully saturated rings. The Bertz CT molecular complexity index is 1090. The molecule has 5 atom stereocenters. The van der Waals surface area contributed by atoms with E-state index in [2.05, 4.69) is 25.1 Å². The Labute approximate surface area is 183 Å². The van der Waals surface area contributed by atoms with Crippen LogP contribution in [0.4, 0.5) is 0 Å². The van der Waals surface area contributed by atoms with Crippen LogP contribution in [0.5, 0.6) is 0 Å². The van der Waals surface area contributed by atoms with Crippen molar-refractivity contribution < 1.29 is 14.7 Å². The second kappa shape index (κ2) is 7.45. The number of hydrogen-bond donors (Lipinski definition) is 2. The molecule has 0 radical (unpaired) electrons. The lowest BCUT2D eigenvalue weighted by Crippen LogP contribution is -2.44. The number of fused-ring (bicyclic) bond motifs is 5. The number of aryl methyl sites for hydroxylation is 1. The third kappa shape index (κ3) is 3.25. The van der Waals surface area contributed by atoms with Crippen LogP contribution in [0.3, 0.4) is 0 Å². The van der Waals surface area contributed by atoms with Crippen molar-refractivity contribution in [3.05, 3.63) is 75.9 Å². The zero-order chi connectivity index (χ0) is 21.8. The van der Waals surface area contributed by atoms with Crippen LogP contribution in [0, 0.1) is 17.3 Å². The van der Waals surface area contributed by atoms with Crippen LogP contribution in [-0.2, 0) is 6.42 Å². The molecule has 3 N–H and O–H groups in total. The molecule has 1 amide bonds. The van der Waals surface area contributed by atoms with Gasteiger partial charge in [0.05, 0.1) is 6.10 Å². The number of hydrogen-bond acceptors (Lipinski definition) is 3. The van der Waals surface area contributed by atoms with Gasteiger partial charge in [-0.2, -0.15) is 0 Å². The van der Waals surface area contributed by atoms with E-state index < -0.39 is 12.0 Å². The maximum Gasteiger partial charge on any atom is 0.248 e. The van der Waals surface area contributed by atoms with E-state index in [1.54, 1.807) is 12.1 Å². The summed E-state index contributed by atoms with van der Waals surface area (Å²) in [6.07, 6.45) is 7.60. The minimum Gasteiger partial charge on any atom is -0.388 e. The van der Waals surface area contributed by atoms with Crippen molar-refractivity contribution in [1.82, 2.24) is 0 Å². The summed E-state index contributed by atoms with van der Waals surface area (Å²) in [6, 6.07) is 13.5. The number of carbonyl (C=O) groups is 2. The molecule has 2 saturated carbocycles. The molecule has 2 aromatic carbocycles. The van der Waals surface area contributed by atoms with Crippen LogP contribution >= 0.6 is 0 Å². The molecule has 3 aliphatic rings. The first-order chi connectivity index (χ1) is 14.9. The van der Waals surface area contributed by atoms with Crippen molar-refractivity contribution in [2.45, 2.75) is 51.0 Å². The summed E-state index contributed by atoms with van der Waals surface area (Å²) in [5.74, 6) is 1.05. The molecule has 4 heteroatoms. The highest BCUT2D eigenvalue weighted by Gasteiger charge is 2.56. The molecular weight excluding hydrogens is 386 g/mol. The Balaban J connectivity index is 1.46. The summed E-state index contributed by atoms with van der Waals surface area (Å²) in [4.78, 5) is 22.7. The number of amides is 1. The largest absolute Gasteiger partial charge is 0.388 e. The lowest BCUT2D eigenvalue weighted by molar-refractivity contribution is -0.0158. The molecule has 160 valence electrons. The van der Waals surface area contributed by atoms with E-state index in [0.717, 1.165) is 55.1 Å². The molecule has 5 unspecified atom stereocenters. The average molecular weight is 416 g/mol. The second-order valence-electron chi connectivity index (χ2n) is 9.85. The summed E-state index contributed by atoms with van der Waals surface area (Å²) in [6.45, 7) is 2.25. The standard InChI is InChI=1S/C27H29NO3/c1-27-10-9-22-21-7-5-17(15-29)13-18(21)6-8-23(22)24(27)14-20(25(27)30)12-16-3-2-4-19(11-16)26(28)31/h2-5,7,11-13,15,22-25,30H,6,8-10,14H2,1H3,(H2,28,31)/b20-12+. The van der Waals surface area contributed by atoms with Gasteiger partial charge in [-0.15, -0.1) is 0 Å². The molecule has 31 heavy (non-hydrogen) atoms. The van der Waals surface area contributed by atoms with Crippen LogP contribution in [-0.4, -0.2) is 23.4 Å². The monoisotopic (exact) mass is 415 g/mol. The van der Waals surface area contributed by atoms with Crippen LogP contribution in [0.25, 0.3) is 6.08 Å². The van der Waals surface area contributed by atoms with Crippen molar-refractivity contribution in [2.24, 2.45) is 23.0 Å². The number of nitrogens with two attached hydrogens (primary N) is 1. The Hall–Kier alpha value is -2.72. The third-order valence-electron chi connectivity index (χ3n) is 8.28. The van der Waals surface area contributed by atoms with Gasteiger partial charge in [0.15, 0.2) is 0 Å². The molecule has 0 bridgehead atoms. The first-order valence-corrected chi connectivity index (χ1v) is 11.3. The number of aliphatic hydroxyl groups excluding tert-OH is 1. The maximum atomic E-state index is 11.5. The third-order valence-corrected chi connectivity index (χ3v) is 8.28. The Morgan fingerprint density at radius 3 is 2.77 bits per heavy atom. The molecular formula is C27H29NO3. The SMILES string of the molecule is CC12CCC3c4ccc(C=O)cc4CCC3C1C/C(=C\c1cccc(C(N)=O)c1)C2O. The molecule has 0 aliphatic heterocycles. The smallest absolute Gasteiger partial charge is 0.248 e. The van der Waals surface area contributed by atoms with Gasteiger partial charge in [-0.25, -0.2) is 0 Å². The number of primary amides is 1. The van der Waals surface area contributed by atoms with Crippen LogP contribution < -0.4 is 5.73 Å². The molecule has 0 spiro atoms. The molecule has 0 aromatic heterocycles. The van der Waals surface area contributed by atoms with Gasteiger partial charge in [-0.1, -0.05) is 37.3 Å². The van der Waals surface area contributed by atoms with E-state index in [-0.39, 0.29) is 5.41 Å². The molecule has 0 saturated heterocycles. The van der Waals surface area contributed by atoms with Gasteiger partial charge in [0.2, 0.25) is 5.91 Å². The Morgan fingerprint density at radius 2 is 2.00 bits per heavy atom. The number of benzene rings is 2. The fourth-order valence-corrected chi connectivity index (χ4v) is 6.67. The van der Waals surface area contributed by atoms with E-state index in [1.165, 1.54) is 11.1 Å². The topological polar surface area (TPSA) is 80.4 Å². The van der Waals surface area contributed by atoms with Crippen molar-refractivity contribution in [2.75, 3.05) is 0 Å². The van der Waals surface area contributed by atoms with Gasteiger partial charge in [-0.05, 0) is 90.3 Å². The summed E-state index contributed by atoms with van der Waals surface area (Å²) < 4.78 is 0. The molecule has 4 nitrogen and oxygen atoms in total. The van der Waals surface area contributed by atoms with Gasteiger partial charge in [0, 0.05) is 16.5 Å². The summed E-state index contributed by atoms with van der Waals surface area (Å²) in [7, 11) is 0. The number of carbonyl (C=O) groups excluding carboxylic acids is 2. The van der Waals surface area contributed by atoms with Crippen molar-refractivity contribution in [1.29, 1.82) is 0 Å². The molecule has 2 aromatic rings. The minimum atomic E-state index is -0.463. The average Bonchev–Trinajstić information content (AvgIpc) is 3.03. The fraction of sp³-hybridized carbons (Fsp3) is 0.407. The zero-order valence-corrected chi connectivity index (χ0v) is 17.9. The summed E-state index contributed by atoms with van der Waals surface area (Å²) in [5, 5.41) is 11.3. The van der Waals surface area contributed by atoms with E-state index >= 15 is 0 Å². The van der Waals surface area contributed by atoms with Gasteiger partial charge >= 0.3 is 0 Å². The summed E-state index contributed by atoms with van der Waals surface area (Å²) in [5.41, 5.74) is 11.3. The van der Waals surface area contributed by atoms with E-state index in [9.17, 15) is 14.7 Å². The van der Waals surface area contributed by atoms with Crippen LogP contribution in [0.15, 0.2) is 48.0 Å². The second-order valence-corrected chi connectivity index (χ2v) is 9.85. The number of aldehydes is 1. The first kappa shape index (κ1) is 20.2. The fourth-order valence-electron chi connectivity index (χ4n) is 6.67. The highest BCUT2D eigenvalue weighted by Crippen LogP contribution is 2.62. The van der Waals surface area contributed by atoms with Crippen molar-refractivity contribution in [3.63, 3.8) is 0 Å². The number of rotatable bonds is 3. The van der Waals surface area contributed by atoms with Gasteiger partial charge in [-0.3, -0.25) is 9.59 Å². The summed E-state index contributed by atoms with van der Waals surface area (Å²) >= 11 is 0. The van der Waals surface area contributed by atoms with Crippen molar-refractivity contribution in [3.8, 4) is 0 Å². The van der Waals surface area contributed by atoms with E-state index in [1.807, 2.05) is 18.2 Å². The van der Waals surface area contributed by atoms with Crippen LogP contribution in [0.1, 0.15) is 75.9 Å². The molecule has 5 rings (SSSR count). The highest BCUT2D eigenvalue weighted by atomic mass is 16.3. The van der Waals surface area contributed by atoms with Gasteiger partial charge in [0.1, 0.15) is 6.29 Å². The predicted molar refractivity (Wildman–Crippen MR) is 121 cm³/mol. The molecule has 3 aliphatic carbocycles. The number of aliphatic hydroxyl groups is 1.